The first kappa shape index (κ1) is 41.2. The van der Waals surface area contributed by atoms with Gasteiger partial charge in [0.2, 0.25) is 0 Å². The Morgan fingerprint density at radius 3 is 2.07 bits per heavy atom. The molecule has 2 N–H and O–H groups in total. The molecule has 0 radical (unpaired) electrons. The van der Waals surface area contributed by atoms with Crippen molar-refractivity contribution in [1.29, 1.82) is 0 Å². The molecule has 0 bridgehead atoms. The van der Waals surface area contributed by atoms with Gasteiger partial charge in [0, 0.05) is 11.3 Å². The highest BCUT2D eigenvalue weighted by molar-refractivity contribution is 6.32. The zero-order chi connectivity index (χ0) is 40.7. The van der Waals surface area contributed by atoms with Crippen molar-refractivity contribution in [2.45, 2.75) is 138 Å². The van der Waals surface area contributed by atoms with Crippen LogP contribution in [0, 0.1) is 52.3 Å². The van der Waals surface area contributed by atoms with Crippen LogP contribution in [-0.2, 0) is 49.6 Å². The van der Waals surface area contributed by atoms with Crippen molar-refractivity contribution < 1.29 is 38.9 Å². The van der Waals surface area contributed by atoms with Crippen LogP contribution in [0.5, 0.6) is 5.75 Å². The second-order valence-corrected chi connectivity index (χ2v) is 19.0. The highest BCUT2D eigenvalue weighted by Gasteiger charge is 2.76. The van der Waals surface area contributed by atoms with Crippen molar-refractivity contribution in [2.24, 2.45) is 52.3 Å². The van der Waals surface area contributed by atoms with Gasteiger partial charge in [0.15, 0.2) is 28.7 Å². The summed E-state index contributed by atoms with van der Waals surface area (Å²) < 4.78 is 6.66. The number of benzene rings is 2. The third-order valence-corrected chi connectivity index (χ3v) is 14.9. The standard InChI is InChI=1S/C47H62O8/c1-12-34-26(7)25(6)27(8)35(55-34)20-30-16-14-13-15-29(30)17-18-31-19-32(23(2)3)33-21-45(10)22-46(11)38(24(4)5)41(50)36(28(9)48)43(52)47(46,54)44(53)39(45)42(51)37(33)40(31)49/h13-16,19,23-27,34-36,38-39,49,54H,12,17-18,20-22H2,1-11H3/t25-,26+,27-,34?,35?,36?,38?,39?,45+,46+,47-/m0/s1. The zero-order valence-electron chi connectivity index (χ0n) is 34.7. The third-order valence-electron chi connectivity index (χ3n) is 14.9. The van der Waals surface area contributed by atoms with Crippen molar-refractivity contribution in [2.75, 3.05) is 0 Å². The quantitative estimate of drug-likeness (QED) is 0.250. The Morgan fingerprint density at radius 1 is 0.891 bits per heavy atom. The molecule has 0 spiro atoms. The van der Waals surface area contributed by atoms with Crippen molar-refractivity contribution in [1.82, 2.24) is 0 Å². The lowest BCUT2D eigenvalue weighted by Gasteiger charge is -2.62. The maximum absolute atomic E-state index is 14.9. The van der Waals surface area contributed by atoms with Gasteiger partial charge in [-0.05, 0) is 108 Å². The molecule has 1 heterocycles. The minimum Gasteiger partial charge on any atom is -0.507 e. The Balaban J connectivity index is 1.37. The van der Waals surface area contributed by atoms with Crippen LogP contribution in [0.3, 0.4) is 0 Å². The van der Waals surface area contributed by atoms with E-state index >= 15 is 0 Å². The Morgan fingerprint density at radius 2 is 1.49 bits per heavy atom. The first-order valence-electron chi connectivity index (χ1n) is 20.6. The van der Waals surface area contributed by atoms with Gasteiger partial charge in [-0.2, -0.15) is 0 Å². The van der Waals surface area contributed by atoms with Gasteiger partial charge in [-0.3, -0.25) is 24.0 Å². The summed E-state index contributed by atoms with van der Waals surface area (Å²) in [6.07, 6.45) is 3.43. The van der Waals surface area contributed by atoms with Gasteiger partial charge in [0.1, 0.15) is 17.5 Å². The summed E-state index contributed by atoms with van der Waals surface area (Å²) in [6.45, 7) is 21.3. The molecule has 1 saturated heterocycles. The molecule has 1 aliphatic heterocycles. The maximum Gasteiger partial charge on any atom is 0.190 e. The predicted molar refractivity (Wildman–Crippen MR) is 211 cm³/mol. The molecule has 8 heteroatoms. The number of phenols is 1. The fourth-order valence-corrected chi connectivity index (χ4v) is 11.8. The molecule has 2 aromatic rings. The number of phenolic OH excluding ortho intramolecular Hbond substituents is 1. The molecule has 298 valence electrons. The van der Waals surface area contributed by atoms with Crippen LogP contribution in [0.4, 0.5) is 0 Å². The Bertz CT molecular complexity index is 1920. The SMILES string of the molecule is CCC1OC(Cc2ccccc2CCc2cc(C(C)C)c3c(c2O)C(=O)C2C(=O)[C@@]4(O)C(=O)C(C(C)=O)C(=O)C(C(C)C)[C@@]4(C)C[C@@]2(C)C3)[C@@H](C)[C@@H](C)[C@H]1C. The molecule has 3 fully saturated rings. The normalized spacial score (nSPS) is 36.2. The van der Waals surface area contributed by atoms with E-state index in [4.69, 9.17) is 4.74 Å². The zero-order valence-corrected chi connectivity index (χ0v) is 34.7. The lowest BCUT2D eigenvalue weighted by molar-refractivity contribution is -0.205. The molecule has 2 aromatic carbocycles. The van der Waals surface area contributed by atoms with Crippen molar-refractivity contribution >= 4 is 28.9 Å². The average molecular weight is 755 g/mol. The fourth-order valence-electron chi connectivity index (χ4n) is 11.8. The lowest BCUT2D eigenvalue weighted by atomic mass is 9.39. The van der Waals surface area contributed by atoms with Crippen LogP contribution >= 0.6 is 0 Å². The summed E-state index contributed by atoms with van der Waals surface area (Å²) in [5.74, 6) is -7.32. The highest BCUT2D eigenvalue weighted by atomic mass is 16.5. The number of ether oxygens (including phenoxy) is 1. The Kier molecular flexibility index (Phi) is 10.8. The van der Waals surface area contributed by atoms with E-state index in [1.165, 1.54) is 5.56 Å². The molecule has 2 saturated carbocycles. The molecule has 6 rings (SSSR count). The number of aryl methyl sites for hydroxylation is 2. The minimum atomic E-state index is -2.71. The van der Waals surface area contributed by atoms with Crippen LogP contribution in [-0.4, -0.2) is 56.9 Å². The summed E-state index contributed by atoms with van der Waals surface area (Å²) in [5.41, 5.74) is -0.687. The number of fused-ring (bicyclic) bond motifs is 3. The van der Waals surface area contributed by atoms with Crippen LogP contribution in [0.15, 0.2) is 30.3 Å². The average Bonchev–Trinajstić information content (AvgIpc) is 3.09. The molecular weight excluding hydrogens is 693 g/mol. The van der Waals surface area contributed by atoms with E-state index < -0.39 is 63.1 Å². The van der Waals surface area contributed by atoms with E-state index in [9.17, 15) is 34.2 Å². The number of hydrogen-bond donors (Lipinski definition) is 2. The minimum absolute atomic E-state index is 0.0152. The molecule has 4 aliphatic rings. The number of Topliss-reactive ketones (excluding diaryl/α,β-unsaturated/α-hetero) is 5. The van der Waals surface area contributed by atoms with Gasteiger partial charge in [-0.1, -0.05) is 99.6 Å². The lowest BCUT2D eigenvalue weighted by Crippen LogP contribution is -2.76. The van der Waals surface area contributed by atoms with E-state index in [1.807, 2.05) is 39.0 Å². The monoisotopic (exact) mass is 754 g/mol. The second-order valence-electron chi connectivity index (χ2n) is 19.0. The van der Waals surface area contributed by atoms with Gasteiger partial charge in [-0.25, -0.2) is 0 Å². The highest BCUT2D eigenvalue weighted by Crippen LogP contribution is 2.64. The summed E-state index contributed by atoms with van der Waals surface area (Å²) in [6, 6.07) is 10.3. The number of carbonyl (C=O) groups excluding carboxylic acids is 5. The number of ketones is 5. The van der Waals surface area contributed by atoms with Crippen LogP contribution in [0.1, 0.15) is 133 Å². The van der Waals surface area contributed by atoms with Gasteiger partial charge in [-0.15, -0.1) is 0 Å². The van der Waals surface area contributed by atoms with Crippen molar-refractivity contribution in [3.63, 3.8) is 0 Å². The van der Waals surface area contributed by atoms with E-state index in [0.29, 0.717) is 41.7 Å². The van der Waals surface area contributed by atoms with Crippen LogP contribution in [0.25, 0.3) is 0 Å². The molecule has 55 heavy (non-hydrogen) atoms. The molecular formula is C47H62O8. The molecule has 0 aromatic heterocycles. The summed E-state index contributed by atoms with van der Waals surface area (Å²) >= 11 is 0. The largest absolute Gasteiger partial charge is 0.507 e. The van der Waals surface area contributed by atoms with Gasteiger partial charge >= 0.3 is 0 Å². The molecule has 11 atom stereocenters. The van der Waals surface area contributed by atoms with Gasteiger partial charge in [0.25, 0.3) is 0 Å². The van der Waals surface area contributed by atoms with Gasteiger partial charge < -0.3 is 14.9 Å². The van der Waals surface area contributed by atoms with Crippen LogP contribution in [0.2, 0.25) is 0 Å². The number of aliphatic hydroxyl groups is 1. The molecule has 5 unspecified atom stereocenters. The van der Waals surface area contributed by atoms with E-state index in [-0.39, 0.29) is 48.2 Å². The first-order chi connectivity index (χ1) is 25.7. The molecule has 0 amide bonds. The molecule has 3 aliphatic carbocycles. The number of rotatable bonds is 9. The van der Waals surface area contributed by atoms with Crippen molar-refractivity contribution in [3.8, 4) is 5.75 Å². The first-order valence-corrected chi connectivity index (χ1v) is 20.6. The van der Waals surface area contributed by atoms with Gasteiger partial charge in [0.05, 0.1) is 23.7 Å². The fraction of sp³-hybridized carbons (Fsp3) is 0.638. The number of hydrogen-bond acceptors (Lipinski definition) is 8. The van der Waals surface area contributed by atoms with E-state index in [0.717, 1.165) is 30.9 Å². The number of carbonyl (C=O) groups is 5. The maximum atomic E-state index is 14.9. The number of aromatic hydroxyl groups is 1. The Hall–Kier alpha value is -3.49. The summed E-state index contributed by atoms with van der Waals surface area (Å²) in [7, 11) is 0. The summed E-state index contributed by atoms with van der Waals surface area (Å²) in [5, 5.41) is 24.4. The topological polar surface area (TPSA) is 135 Å². The third kappa shape index (κ3) is 6.20. The van der Waals surface area contributed by atoms with Crippen molar-refractivity contribution in [3.05, 3.63) is 63.7 Å². The smallest absolute Gasteiger partial charge is 0.190 e. The molecule has 8 nitrogen and oxygen atoms in total. The summed E-state index contributed by atoms with van der Waals surface area (Å²) in [4.78, 5) is 70.4. The second kappa shape index (κ2) is 14.5. The van der Waals surface area contributed by atoms with E-state index in [1.54, 1.807) is 20.8 Å². The van der Waals surface area contributed by atoms with Crippen LogP contribution < -0.4 is 0 Å². The Labute approximate surface area is 327 Å². The van der Waals surface area contributed by atoms with E-state index in [2.05, 4.69) is 39.8 Å². The predicted octanol–water partition coefficient (Wildman–Crippen LogP) is 7.63.